The predicted molar refractivity (Wildman–Crippen MR) is 96.1 cm³/mol. The topological polar surface area (TPSA) is 69.8 Å². The first-order chi connectivity index (χ1) is 11.4. The number of amides is 1. The van der Waals surface area contributed by atoms with Gasteiger partial charge in [-0.2, -0.15) is 0 Å². The van der Waals surface area contributed by atoms with Crippen LogP contribution in [0, 0.1) is 23.2 Å². The highest BCUT2D eigenvalue weighted by Crippen LogP contribution is 2.58. The Hall–Kier alpha value is -2.04. The van der Waals surface area contributed by atoms with Gasteiger partial charge in [-0.3, -0.25) is 4.79 Å². The van der Waals surface area contributed by atoms with Gasteiger partial charge in [-0.1, -0.05) is 20.8 Å². The van der Waals surface area contributed by atoms with Gasteiger partial charge in [0.1, 0.15) is 11.3 Å². The summed E-state index contributed by atoms with van der Waals surface area (Å²) in [5.41, 5.74) is 2.73. The monoisotopic (exact) mass is 326 g/mol. The number of anilines is 1. The lowest BCUT2D eigenvalue weighted by Crippen LogP contribution is -2.46. The van der Waals surface area contributed by atoms with Crippen LogP contribution in [0.4, 0.5) is 5.69 Å². The van der Waals surface area contributed by atoms with Crippen LogP contribution in [0.2, 0.25) is 0 Å². The lowest BCUT2D eigenvalue weighted by atomic mass is 9.70. The summed E-state index contributed by atoms with van der Waals surface area (Å²) >= 11 is 0. The summed E-state index contributed by atoms with van der Waals surface area (Å²) < 4.78 is 0. The maximum absolute atomic E-state index is 12.8. The van der Waals surface area contributed by atoms with E-state index >= 15 is 0 Å². The van der Waals surface area contributed by atoms with Crippen molar-refractivity contribution in [3.63, 3.8) is 0 Å². The minimum atomic E-state index is -0.0164. The molecule has 2 fully saturated rings. The van der Waals surface area contributed by atoms with Gasteiger partial charge in [0.15, 0.2) is 0 Å². The Labute approximate surface area is 142 Å². The van der Waals surface area contributed by atoms with Crippen LogP contribution < -0.4 is 10.6 Å². The largest absolute Gasteiger partial charge is 0.387 e. The second-order valence-corrected chi connectivity index (χ2v) is 8.21. The molecule has 4 rings (SSSR count). The third-order valence-corrected chi connectivity index (χ3v) is 6.40. The summed E-state index contributed by atoms with van der Waals surface area (Å²) in [6, 6.07) is 4.10. The van der Waals surface area contributed by atoms with E-state index in [4.69, 9.17) is 0 Å². The third-order valence-electron chi connectivity index (χ3n) is 6.40. The number of H-pyrrole nitrogens is 1. The zero-order valence-corrected chi connectivity index (χ0v) is 14.8. The van der Waals surface area contributed by atoms with Crippen LogP contribution in [0.3, 0.4) is 0 Å². The van der Waals surface area contributed by atoms with Crippen LogP contribution in [0.5, 0.6) is 0 Å². The van der Waals surface area contributed by atoms with Gasteiger partial charge >= 0.3 is 0 Å². The first-order valence-electron chi connectivity index (χ1n) is 8.87. The van der Waals surface area contributed by atoms with Crippen LogP contribution in [-0.4, -0.2) is 29.0 Å². The smallest absolute Gasteiger partial charge is 0.268 e. The van der Waals surface area contributed by atoms with Crippen molar-refractivity contribution >= 4 is 22.6 Å². The zero-order valence-electron chi connectivity index (χ0n) is 14.8. The summed E-state index contributed by atoms with van der Waals surface area (Å²) in [5.74, 6) is 1.85. The van der Waals surface area contributed by atoms with E-state index < -0.39 is 0 Å². The standard InChI is InChI=1S/C19H26N4O/c1-10-13-7-11(9-19(13,2)3)16(10)23-18(24)15-8-12-14(20-4)5-6-21-17(12)22-15/h5-6,8,10-11,13,16H,7,9H2,1-4H3,(H,23,24)(H2,20,21,22)/t10-,11?,13-,16+/m0/s1. The van der Waals surface area contributed by atoms with Crippen molar-refractivity contribution in [3.05, 3.63) is 24.0 Å². The van der Waals surface area contributed by atoms with E-state index in [0.717, 1.165) is 16.7 Å². The molecule has 24 heavy (non-hydrogen) atoms. The molecule has 0 aromatic carbocycles. The number of aromatic amines is 1. The fraction of sp³-hybridized carbons (Fsp3) is 0.579. The molecule has 2 bridgehead atoms. The number of rotatable bonds is 3. The summed E-state index contributed by atoms with van der Waals surface area (Å²) in [5, 5.41) is 7.39. The van der Waals surface area contributed by atoms with Crippen LogP contribution in [0.1, 0.15) is 44.1 Å². The molecule has 128 valence electrons. The normalized spacial score (nSPS) is 30.7. The molecular weight excluding hydrogens is 300 g/mol. The van der Waals surface area contributed by atoms with Crippen LogP contribution in [0.25, 0.3) is 11.0 Å². The van der Waals surface area contributed by atoms with Gasteiger partial charge in [0, 0.05) is 30.4 Å². The molecule has 5 nitrogen and oxygen atoms in total. The number of fused-ring (bicyclic) bond motifs is 3. The number of pyridine rings is 1. The molecule has 0 aliphatic heterocycles. The summed E-state index contributed by atoms with van der Waals surface area (Å²) in [6.07, 6.45) is 4.20. The van der Waals surface area contributed by atoms with Gasteiger partial charge in [-0.05, 0) is 48.1 Å². The highest BCUT2D eigenvalue weighted by molar-refractivity contribution is 6.00. The Morgan fingerprint density at radius 3 is 2.88 bits per heavy atom. The molecule has 0 radical (unpaired) electrons. The van der Waals surface area contributed by atoms with Crippen molar-refractivity contribution in [2.45, 2.75) is 39.7 Å². The number of carbonyl (C=O) groups excluding carboxylic acids is 1. The van der Waals surface area contributed by atoms with E-state index in [2.05, 4.69) is 41.4 Å². The van der Waals surface area contributed by atoms with E-state index in [-0.39, 0.29) is 5.91 Å². The maximum Gasteiger partial charge on any atom is 0.268 e. The minimum Gasteiger partial charge on any atom is -0.387 e. The molecule has 2 aliphatic carbocycles. The fourth-order valence-corrected chi connectivity index (χ4v) is 5.28. The van der Waals surface area contributed by atoms with Gasteiger partial charge in [0.25, 0.3) is 5.91 Å². The number of aromatic nitrogens is 2. The van der Waals surface area contributed by atoms with E-state index in [1.165, 1.54) is 12.8 Å². The highest BCUT2D eigenvalue weighted by atomic mass is 16.2. The maximum atomic E-state index is 12.8. The molecular formula is C19H26N4O. The molecule has 2 aromatic rings. The highest BCUT2D eigenvalue weighted by Gasteiger charge is 2.54. The van der Waals surface area contributed by atoms with Gasteiger partial charge < -0.3 is 15.6 Å². The Morgan fingerprint density at radius 2 is 2.21 bits per heavy atom. The fourth-order valence-electron chi connectivity index (χ4n) is 5.28. The van der Waals surface area contributed by atoms with Gasteiger partial charge in [-0.15, -0.1) is 0 Å². The minimum absolute atomic E-state index is 0.0164. The molecule has 0 spiro atoms. The Morgan fingerprint density at radius 1 is 1.42 bits per heavy atom. The Bertz CT molecular complexity index is 792. The van der Waals surface area contributed by atoms with E-state index in [1.54, 1.807) is 6.20 Å². The van der Waals surface area contributed by atoms with Crippen LogP contribution in [0.15, 0.2) is 18.3 Å². The molecule has 1 unspecified atom stereocenters. The lowest BCUT2D eigenvalue weighted by Gasteiger charge is -2.39. The summed E-state index contributed by atoms with van der Waals surface area (Å²) in [7, 11) is 1.88. The van der Waals surface area contributed by atoms with Crippen molar-refractivity contribution < 1.29 is 4.79 Å². The molecule has 1 amide bonds. The number of nitrogens with one attached hydrogen (secondary N) is 3. The van der Waals surface area contributed by atoms with Crippen molar-refractivity contribution in [1.29, 1.82) is 0 Å². The number of nitrogens with zero attached hydrogens (tertiary/aromatic N) is 1. The quantitative estimate of drug-likeness (QED) is 0.809. The molecule has 3 N–H and O–H groups in total. The first-order valence-corrected chi connectivity index (χ1v) is 8.87. The van der Waals surface area contributed by atoms with E-state index in [0.29, 0.717) is 34.9 Å². The van der Waals surface area contributed by atoms with E-state index in [1.807, 2.05) is 19.2 Å². The number of carbonyl (C=O) groups is 1. The van der Waals surface area contributed by atoms with Crippen LogP contribution >= 0.6 is 0 Å². The van der Waals surface area contributed by atoms with Crippen LogP contribution in [-0.2, 0) is 0 Å². The van der Waals surface area contributed by atoms with E-state index in [9.17, 15) is 4.79 Å². The second-order valence-electron chi connectivity index (χ2n) is 8.21. The van der Waals surface area contributed by atoms with Crippen molar-refractivity contribution in [2.24, 2.45) is 23.2 Å². The van der Waals surface area contributed by atoms with Gasteiger partial charge in [-0.25, -0.2) is 4.98 Å². The van der Waals surface area contributed by atoms with Gasteiger partial charge in [0.05, 0.1) is 0 Å². The summed E-state index contributed by atoms with van der Waals surface area (Å²) in [6.45, 7) is 7.03. The Kier molecular flexibility index (Phi) is 3.37. The average Bonchev–Trinajstić information content (AvgIpc) is 3.19. The number of hydrogen-bond donors (Lipinski definition) is 3. The third kappa shape index (κ3) is 2.21. The number of hydrogen-bond acceptors (Lipinski definition) is 3. The molecule has 2 heterocycles. The molecule has 0 saturated heterocycles. The average molecular weight is 326 g/mol. The molecule has 4 atom stereocenters. The first kappa shape index (κ1) is 15.5. The van der Waals surface area contributed by atoms with Crippen molar-refractivity contribution in [2.75, 3.05) is 12.4 Å². The molecule has 2 saturated carbocycles. The lowest BCUT2D eigenvalue weighted by molar-refractivity contribution is 0.0832. The van der Waals surface area contributed by atoms with Crippen molar-refractivity contribution in [1.82, 2.24) is 15.3 Å². The van der Waals surface area contributed by atoms with Crippen molar-refractivity contribution in [3.8, 4) is 0 Å². The molecule has 2 aromatic heterocycles. The van der Waals surface area contributed by atoms with Gasteiger partial charge in [0.2, 0.25) is 0 Å². The second kappa shape index (κ2) is 5.23. The summed E-state index contributed by atoms with van der Waals surface area (Å²) in [4.78, 5) is 20.2. The molecule has 5 heteroatoms. The molecule has 2 aliphatic rings. The zero-order chi connectivity index (χ0) is 17.1. The Balaban J connectivity index is 1.55. The predicted octanol–water partition coefficient (Wildman–Crippen LogP) is 3.41. The SMILES string of the molecule is CNc1ccnc2[nH]c(C(=O)N[C@H]3C4C[C@@H]([C@@H]3C)C(C)(C)C4)cc12.